The highest BCUT2D eigenvalue weighted by Crippen LogP contribution is 2.38. The standard InChI is InChI=1S/C10H20O2/c1-5-6-8-7-9(8)11-12-10(2,3)4/h8-9H,5-7H2,1-4H3. The predicted molar refractivity (Wildman–Crippen MR) is 48.7 cm³/mol. The third-order valence-corrected chi connectivity index (χ3v) is 1.94. The molecule has 2 nitrogen and oxygen atoms in total. The van der Waals surface area contributed by atoms with Gasteiger partial charge in [-0.25, -0.2) is 9.78 Å². The summed E-state index contributed by atoms with van der Waals surface area (Å²) in [6, 6.07) is 0. The second-order valence-corrected chi connectivity index (χ2v) is 4.61. The summed E-state index contributed by atoms with van der Waals surface area (Å²) in [6.45, 7) is 8.22. The Labute approximate surface area is 75.2 Å². The summed E-state index contributed by atoms with van der Waals surface area (Å²) in [4.78, 5) is 10.5. The van der Waals surface area contributed by atoms with Crippen molar-refractivity contribution in [2.75, 3.05) is 0 Å². The largest absolute Gasteiger partial charge is 0.233 e. The summed E-state index contributed by atoms with van der Waals surface area (Å²) in [7, 11) is 0. The van der Waals surface area contributed by atoms with Gasteiger partial charge in [0.1, 0.15) is 0 Å². The molecule has 2 atom stereocenters. The Bertz CT molecular complexity index is 137. The highest BCUT2D eigenvalue weighted by Gasteiger charge is 2.39. The first-order valence-electron chi connectivity index (χ1n) is 4.87. The van der Waals surface area contributed by atoms with Crippen molar-refractivity contribution in [1.82, 2.24) is 0 Å². The van der Waals surface area contributed by atoms with Crippen LogP contribution in [0, 0.1) is 5.92 Å². The molecule has 0 amide bonds. The molecule has 12 heavy (non-hydrogen) atoms. The zero-order chi connectivity index (χ0) is 9.19. The molecular weight excluding hydrogens is 152 g/mol. The van der Waals surface area contributed by atoms with Crippen LogP contribution < -0.4 is 0 Å². The van der Waals surface area contributed by atoms with Crippen LogP contribution in [0.15, 0.2) is 0 Å². The van der Waals surface area contributed by atoms with E-state index in [0.717, 1.165) is 5.92 Å². The SMILES string of the molecule is CCCC1CC1OOC(C)(C)C. The Morgan fingerprint density at radius 3 is 2.50 bits per heavy atom. The van der Waals surface area contributed by atoms with Gasteiger partial charge < -0.3 is 0 Å². The van der Waals surface area contributed by atoms with Gasteiger partial charge >= 0.3 is 0 Å². The lowest BCUT2D eigenvalue weighted by Gasteiger charge is -2.17. The third kappa shape index (κ3) is 3.55. The van der Waals surface area contributed by atoms with Crippen LogP contribution in [0.3, 0.4) is 0 Å². The molecule has 1 saturated carbocycles. The maximum atomic E-state index is 5.28. The first-order valence-corrected chi connectivity index (χ1v) is 4.87. The highest BCUT2D eigenvalue weighted by atomic mass is 17.2. The van der Waals surface area contributed by atoms with E-state index in [0.29, 0.717) is 6.10 Å². The highest BCUT2D eigenvalue weighted by molar-refractivity contribution is 4.86. The number of hydrogen-bond acceptors (Lipinski definition) is 2. The maximum Gasteiger partial charge on any atom is 0.0962 e. The van der Waals surface area contributed by atoms with Gasteiger partial charge in [0, 0.05) is 0 Å². The third-order valence-electron chi connectivity index (χ3n) is 1.94. The van der Waals surface area contributed by atoms with Crippen molar-refractivity contribution < 1.29 is 9.78 Å². The van der Waals surface area contributed by atoms with Gasteiger partial charge in [0.2, 0.25) is 0 Å². The van der Waals surface area contributed by atoms with Crippen LogP contribution in [0.1, 0.15) is 47.0 Å². The molecule has 0 heterocycles. The quantitative estimate of drug-likeness (QED) is 0.479. The van der Waals surface area contributed by atoms with E-state index in [9.17, 15) is 0 Å². The Balaban J connectivity index is 2.04. The van der Waals surface area contributed by atoms with E-state index in [1.165, 1.54) is 19.3 Å². The van der Waals surface area contributed by atoms with Crippen molar-refractivity contribution in [1.29, 1.82) is 0 Å². The Morgan fingerprint density at radius 1 is 1.33 bits per heavy atom. The zero-order valence-corrected chi connectivity index (χ0v) is 8.59. The fourth-order valence-corrected chi connectivity index (χ4v) is 1.22. The van der Waals surface area contributed by atoms with E-state index in [4.69, 9.17) is 9.78 Å². The van der Waals surface area contributed by atoms with Gasteiger partial charge in [0.15, 0.2) is 0 Å². The lowest BCUT2D eigenvalue weighted by Crippen LogP contribution is -2.20. The van der Waals surface area contributed by atoms with Crippen molar-refractivity contribution >= 4 is 0 Å². The molecule has 0 bridgehead atoms. The smallest absolute Gasteiger partial charge is 0.0962 e. The van der Waals surface area contributed by atoms with E-state index in [1.807, 2.05) is 20.8 Å². The first kappa shape index (κ1) is 10.0. The monoisotopic (exact) mass is 172 g/mol. The van der Waals surface area contributed by atoms with Crippen LogP contribution in [0.2, 0.25) is 0 Å². The van der Waals surface area contributed by atoms with Gasteiger partial charge in [-0.1, -0.05) is 13.3 Å². The molecule has 1 aliphatic rings. The molecule has 1 aliphatic carbocycles. The van der Waals surface area contributed by atoms with E-state index < -0.39 is 0 Å². The Morgan fingerprint density at radius 2 is 2.00 bits per heavy atom. The predicted octanol–water partition coefficient (Wildman–Crippen LogP) is 2.92. The van der Waals surface area contributed by atoms with Crippen LogP contribution in [-0.2, 0) is 9.78 Å². The minimum absolute atomic E-state index is 0.167. The molecule has 0 radical (unpaired) electrons. The molecular formula is C10H20O2. The van der Waals surface area contributed by atoms with Gasteiger partial charge in [-0.15, -0.1) is 0 Å². The van der Waals surface area contributed by atoms with Crippen molar-refractivity contribution in [2.45, 2.75) is 58.7 Å². The van der Waals surface area contributed by atoms with Gasteiger partial charge in [0.05, 0.1) is 11.7 Å². The summed E-state index contributed by atoms with van der Waals surface area (Å²) < 4.78 is 0. The molecule has 2 unspecified atom stereocenters. The molecule has 0 spiro atoms. The molecule has 1 rings (SSSR count). The average molecular weight is 172 g/mol. The van der Waals surface area contributed by atoms with Crippen molar-refractivity contribution in [3.63, 3.8) is 0 Å². The molecule has 0 saturated heterocycles. The molecule has 72 valence electrons. The van der Waals surface area contributed by atoms with E-state index in [1.54, 1.807) is 0 Å². The van der Waals surface area contributed by atoms with Crippen LogP contribution in [0.4, 0.5) is 0 Å². The van der Waals surface area contributed by atoms with E-state index >= 15 is 0 Å². The van der Waals surface area contributed by atoms with Crippen LogP contribution >= 0.6 is 0 Å². The van der Waals surface area contributed by atoms with Crippen LogP contribution in [0.25, 0.3) is 0 Å². The molecule has 1 fully saturated rings. The number of rotatable bonds is 4. The topological polar surface area (TPSA) is 18.5 Å². The lowest BCUT2D eigenvalue weighted by molar-refractivity contribution is -0.358. The van der Waals surface area contributed by atoms with E-state index in [2.05, 4.69) is 6.92 Å². The van der Waals surface area contributed by atoms with Crippen molar-refractivity contribution in [3.05, 3.63) is 0 Å². The molecule has 0 N–H and O–H groups in total. The van der Waals surface area contributed by atoms with Crippen molar-refractivity contribution in [2.24, 2.45) is 5.92 Å². The fraction of sp³-hybridized carbons (Fsp3) is 1.00. The zero-order valence-electron chi connectivity index (χ0n) is 8.59. The minimum atomic E-state index is -0.167. The summed E-state index contributed by atoms with van der Waals surface area (Å²) in [5.41, 5.74) is -0.167. The summed E-state index contributed by atoms with van der Waals surface area (Å²) >= 11 is 0. The summed E-state index contributed by atoms with van der Waals surface area (Å²) in [6.07, 6.45) is 4.09. The van der Waals surface area contributed by atoms with Gasteiger partial charge in [-0.3, -0.25) is 0 Å². The number of hydrogen-bond donors (Lipinski definition) is 0. The molecule has 2 heteroatoms. The molecule has 0 aromatic carbocycles. The summed E-state index contributed by atoms with van der Waals surface area (Å²) in [5, 5.41) is 0. The average Bonchev–Trinajstić information content (AvgIpc) is 2.63. The van der Waals surface area contributed by atoms with Crippen LogP contribution in [-0.4, -0.2) is 11.7 Å². The van der Waals surface area contributed by atoms with Crippen molar-refractivity contribution in [3.8, 4) is 0 Å². The first-order chi connectivity index (χ1) is 5.53. The van der Waals surface area contributed by atoms with Crippen LogP contribution in [0.5, 0.6) is 0 Å². The Hall–Kier alpha value is -0.0800. The summed E-state index contributed by atoms with van der Waals surface area (Å²) in [5.74, 6) is 0.761. The normalized spacial score (nSPS) is 29.0. The second-order valence-electron chi connectivity index (χ2n) is 4.61. The molecule has 0 aliphatic heterocycles. The maximum absolute atomic E-state index is 5.28. The van der Waals surface area contributed by atoms with Gasteiger partial charge in [0.25, 0.3) is 0 Å². The molecule has 0 aromatic heterocycles. The van der Waals surface area contributed by atoms with E-state index in [-0.39, 0.29) is 5.60 Å². The minimum Gasteiger partial charge on any atom is -0.233 e. The van der Waals surface area contributed by atoms with Gasteiger partial charge in [-0.05, 0) is 39.5 Å². The van der Waals surface area contributed by atoms with Gasteiger partial charge in [-0.2, -0.15) is 0 Å². The molecule has 0 aromatic rings. The second kappa shape index (κ2) is 3.75. The Kier molecular flexibility index (Phi) is 3.13. The fourth-order valence-electron chi connectivity index (χ4n) is 1.22. The lowest BCUT2D eigenvalue weighted by atomic mass is 10.2.